The number of benzene rings is 1. The second-order valence-electron chi connectivity index (χ2n) is 4.60. The van der Waals surface area contributed by atoms with E-state index in [9.17, 15) is 9.90 Å². The van der Waals surface area contributed by atoms with Crippen molar-refractivity contribution >= 4 is 29.1 Å². The van der Waals surface area contributed by atoms with Crippen LogP contribution in [0.1, 0.15) is 0 Å². The number of amides is 1. The molecule has 1 saturated heterocycles. The molecule has 0 aliphatic carbocycles. The fourth-order valence-electron chi connectivity index (χ4n) is 2.00. The molecule has 1 aliphatic heterocycles. The standard InChI is InChI=1S/C13H16Cl2N2O3/c14-10-2-1-3-11(15)13(10)20-8-9(18)6-17-5-4-16-12(19)7-17/h1-3,9,18H,4-8H2,(H,16,19)/t9-/m0/s1. The molecule has 1 aliphatic rings. The number of hydrogen-bond acceptors (Lipinski definition) is 4. The zero-order valence-corrected chi connectivity index (χ0v) is 12.3. The maximum atomic E-state index is 11.2. The maximum absolute atomic E-state index is 11.2. The molecule has 1 atom stereocenters. The number of carbonyl (C=O) groups excluding carboxylic acids is 1. The van der Waals surface area contributed by atoms with Gasteiger partial charge in [0, 0.05) is 19.6 Å². The summed E-state index contributed by atoms with van der Waals surface area (Å²) in [5.74, 6) is 0.338. The lowest BCUT2D eigenvalue weighted by Crippen LogP contribution is -2.50. The topological polar surface area (TPSA) is 61.8 Å². The van der Waals surface area contributed by atoms with E-state index >= 15 is 0 Å². The third kappa shape index (κ3) is 4.24. The number of nitrogens with zero attached hydrogens (tertiary/aromatic N) is 1. The molecule has 0 spiro atoms. The molecule has 0 unspecified atom stereocenters. The number of aliphatic hydroxyl groups is 1. The quantitative estimate of drug-likeness (QED) is 0.855. The van der Waals surface area contributed by atoms with Crippen molar-refractivity contribution in [1.82, 2.24) is 10.2 Å². The van der Waals surface area contributed by atoms with Crippen LogP contribution in [0.4, 0.5) is 0 Å². The summed E-state index contributed by atoms with van der Waals surface area (Å²) in [4.78, 5) is 13.1. The Balaban J connectivity index is 1.83. The first-order valence-corrected chi connectivity index (χ1v) is 7.06. The van der Waals surface area contributed by atoms with Gasteiger partial charge in [-0.05, 0) is 12.1 Å². The maximum Gasteiger partial charge on any atom is 0.234 e. The average molecular weight is 319 g/mol. The van der Waals surface area contributed by atoms with Crippen molar-refractivity contribution in [2.24, 2.45) is 0 Å². The van der Waals surface area contributed by atoms with Crippen molar-refractivity contribution in [3.63, 3.8) is 0 Å². The van der Waals surface area contributed by atoms with Crippen LogP contribution in [0.5, 0.6) is 5.75 Å². The predicted molar refractivity (Wildman–Crippen MR) is 77.4 cm³/mol. The third-order valence-corrected chi connectivity index (χ3v) is 3.52. The summed E-state index contributed by atoms with van der Waals surface area (Å²) in [6.45, 7) is 2.05. The molecule has 2 rings (SSSR count). The highest BCUT2D eigenvalue weighted by Crippen LogP contribution is 2.32. The molecule has 1 amide bonds. The van der Waals surface area contributed by atoms with E-state index in [0.717, 1.165) is 6.54 Å². The first-order valence-electron chi connectivity index (χ1n) is 6.30. The minimum atomic E-state index is -0.715. The molecule has 0 saturated carbocycles. The van der Waals surface area contributed by atoms with Gasteiger partial charge in [0.1, 0.15) is 12.7 Å². The van der Waals surface area contributed by atoms with Gasteiger partial charge in [0.25, 0.3) is 0 Å². The Hall–Kier alpha value is -1.01. The zero-order valence-electron chi connectivity index (χ0n) is 10.8. The lowest BCUT2D eigenvalue weighted by atomic mass is 10.3. The van der Waals surface area contributed by atoms with E-state index in [4.69, 9.17) is 27.9 Å². The minimum Gasteiger partial charge on any atom is -0.488 e. The molecule has 1 aromatic carbocycles. The highest BCUT2D eigenvalue weighted by atomic mass is 35.5. The van der Waals surface area contributed by atoms with Crippen LogP contribution in [0.3, 0.4) is 0 Å². The SMILES string of the molecule is O=C1CN(C[C@H](O)COc2c(Cl)cccc2Cl)CCN1. The summed E-state index contributed by atoms with van der Waals surface area (Å²) < 4.78 is 5.46. The Labute approximate surface area is 127 Å². The van der Waals surface area contributed by atoms with Crippen molar-refractivity contribution in [3.8, 4) is 5.75 Å². The van der Waals surface area contributed by atoms with E-state index < -0.39 is 6.10 Å². The van der Waals surface area contributed by atoms with Gasteiger partial charge in [-0.2, -0.15) is 0 Å². The molecule has 5 nitrogen and oxygen atoms in total. The first kappa shape index (κ1) is 15.4. The molecule has 0 bridgehead atoms. The van der Waals surface area contributed by atoms with E-state index in [1.807, 2.05) is 4.90 Å². The second kappa shape index (κ2) is 7.13. The Bertz CT molecular complexity index is 464. The highest BCUT2D eigenvalue weighted by Gasteiger charge is 2.19. The monoisotopic (exact) mass is 318 g/mol. The van der Waals surface area contributed by atoms with E-state index in [2.05, 4.69) is 5.32 Å². The van der Waals surface area contributed by atoms with Crippen LogP contribution in [0.25, 0.3) is 0 Å². The van der Waals surface area contributed by atoms with Gasteiger partial charge in [0.05, 0.1) is 16.6 Å². The predicted octanol–water partition coefficient (Wildman–Crippen LogP) is 1.16. The second-order valence-corrected chi connectivity index (χ2v) is 5.42. The summed E-state index contributed by atoms with van der Waals surface area (Å²) in [5, 5.41) is 13.5. The third-order valence-electron chi connectivity index (χ3n) is 2.93. The van der Waals surface area contributed by atoms with Gasteiger partial charge in [-0.1, -0.05) is 29.3 Å². The fraction of sp³-hybridized carbons (Fsp3) is 0.462. The van der Waals surface area contributed by atoms with Gasteiger partial charge in [-0.3, -0.25) is 9.69 Å². The number of piperazine rings is 1. The molecule has 2 N–H and O–H groups in total. The summed E-state index contributed by atoms with van der Waals surface area (Å²) in [6.07, 6.45) is -0.715. The number of nitrogens with one attached hydrogen (secondary N) is 1. The normalized spacial score (nSPS) is 17.6. The number of β-amino-alcohol motifs (C(OH)–C–C–N with tert-alkyl or cyclic N) is 1. The highest BCUT2D eigenvalue weighted by molar-refractivity contribution is 6.37. The largest absolute Gasteiger partial charge is 0.488 e. The molecular formula is C13H16Cl2N2O3. The van der Waals surface area contributed by atoms with Gasteiger partial charge in [-0.15, -0.1) is 0 Å². The van der Waals surface area contributed by atoms with Crippen LogP contribution in [-0.4, -0.2) is 54.8 Å². The van der Waals surface area contributed by atoms with Gasteiger partial charge < -0.3 is 15.2 Å². The molecule has 7 heteroatoms. The van der Waals surface area contributed by atoms with Crippen LogP contribution in [0.2, 0.25) is 10.0 Å². The van der Waals surface area contributed by atoms with E-state index in [0.29, 0.717) is 35.4 Å². The number of aliphatic hydroxyl groups excluding tert-OH is 1. The molecule has 1 heterocycles. The lowest BCUT2D eigenvalue weighted by molar-refractivity contribution is -0.124. The molecule has 20 heavy (non-hydrogen) atoms. The van der Waals surface area contributed by atoms with Crippen molar-refractivity contribution in [2.45, 2.75) is 6.10 Å². The van der Waals surface area contributed by atoms with Gasteiger partial charge in [0.15, 0.2) is 5.75 Å². The van der Waals surface area contributed by atoms with Crippen LogP contribution in [0, 0.1) is 0 Å². The summed E-state index contributed by atoms with van der Waals surface area (Å²) in [5.41, 5.74) is 0. The lowest BCUT2D eigenvalue weighted by Gasteiger charge is -2.28. The van der Waals surface area contributed by atoms with Crippen LogP contribution in [-0.2, 0) is 4.79 Å². The van der Waals surface area contributed by atoms with Gasteiger partial charge in [-0.25, -0.2) is 0 Å². The van der Waals surface area contributed by atoms with Crippen molar-refractivity contribution in [1.29, 1.82) is 0 Å². The molecule has 1 fully saturated rings. The number of ether oxygens (including phenoxy) is 1. The van der Waals surface area contributed by atoms with E-state index in [-0.39, 0.29) is 12.5 Å². The van der Waals surface area contributed by atoms with Crippen molar-refractivity contribution < 1.29 is 14.6 Å². The minimum absolute atomic E-state index is 0.0292. The Morgan fingerprint density at radius 3 is 2.75 bits per heavy atom. The van der Waals surface area contributed by atoms with Crippen LogP contribution >= 0.6 is 23.2 Å². The molecule has 110 valence electrons. The van der Waals surface area contributed by atoms with Crippen LogP contribution in [0.15, 0.2) is 18.2 Å². The number of rotatable bonds is 5. The Kier molecular flexibility index (Phi) is 5.48. The Morgan fingerprint density at radius 1 is 1.40 bits per heavy atom. The summed E-state index contributed by atoms with van der Waals surface area (Å²) in [6, 6.07) is 5.06. The molecule has 0 aromatic heterocycles. The number of carbonyl (C=O) groups is 1. The molecular weight excluding hydrogens is 303 g/mol. The summed E-state index contributed by atoms with van der Waals surface area (Å²) >= 11 is 11.9. The van der Waals surface area contributed by atoms with Gasteiger partial charge >= 0.3 is 0 Å². The first-order chi connectivity index (χ1) is 9.56. The Morgan fingerprint density at radius 2 is 2.10 bits per heavy atom. The fourth-order valence-corrected chi connectivity index (χ4v) is 2.50. The van der Waals surface area contributed by atoms with Gasteiger partial charge in [0.2, 0.25) is 5.91 Å². The van der Waals surface area contributed by atoms with Crippen LogP contribution < -0.4 is 10.1 Å². The number of para-hydroxylation sites is 1. The number of halogens is 2. The van der Waals surface area contributed by atoms with E-state index in [1.165, 1.54) is 0 Å². The molecule has 0 radical (unpaired) electrons. The summed E-state index contributed by atoms with van der Waals surface area (Å²) in [7, 11) is 0. The molecule has 1 aromatic rings. The number of hydrogen-bond donors (Lipinski definition) is 2. The zero-order chi connectivity index (χ0) is 14.5. The van der Waals surface area contributed by atoms with E-state index in [1.54, 1.807) is 18.2 Å². The van der Waals surface area contributed by atoms with Crippen molar-refractivity contribution in [2.75, 3.05) is 32.8 Å². The smallest absolute Gasteiger partial charge is 0.234 e. The average Bonchev–Trinajstić information content (AvgIpc) is 2.38. The van der Waals surface area contributed by atoms with Crippen molar-refractivity contribution in [3.05, 3.63) is 28.2 Å².